The Kier molecular flexibility index (Phi) is 5.29. The van der Waals surface area contributed by atoms with Crippen molar-refractivity contribution in [3.8, 4) is 5.75 Å². The van der Waals surface area contributed by atoms with E-state index < -0.39 is 17.0 Å². The smallest absolute Gasteiger partial charge is 0.344 e. The van der Waals surface area contributed by atoms with Crippen molar-refractivity contribution in [2.45, 2.75) is 26.4 Å². The van der Waals surface area contributed by atoms with Crippen LogP contribution < -0.4 is 4.74 Å². The fraction of sp³-hybridized carbons (Fsp3) is 0.417. The maximum Gasteiger partial charge on any atom is 0.344 e. The molecule has 1 rings (SSSR count). The van der Waals surface area contributed by atoms with Crippen LogP contribution in [-0.4, -0.2) is 22.1 Å². The molecule has 0 radical (unpaired) electrons. The van der Waals surface area contributed by atoms with E-state index in [9.17, 15) is 14.9 Å². The van der Waals surface area contributed by atoms with Gasteiger partial charge >= 0.3 is 5.97 Å². The van der Waals surface area contributed by atoms with Crippen molar-refractivity contribution in [1.82, 2.24) is 0 Å². The van der Waals surface area contributed by atoms with E-state index in [-0.39, 0.29) is 17.4 Å². The highest BCUT2D eigenvalue weighted by Gasteiger charge is 2.22. The molecule has 6 nitrogen and oxygen atoms in total. The van der Waals surface area contributed by atoms with Crippen LogP contribution in [0.1, 0.15) is 20.3 Å². The molecule has 0 aromatic heterocycles. The topological polar surface area (TPSA) is 89.7 Å². The lowest BCUT2D eigenvalue weighted by molar-refractivity contribution is -0.385. The summed E-state index contributed by atoms with van der Waals surface area (Å²) in [6.07, 6.45) is -0.691. The number of nitro benzene ring substituents is 1. The van der Waals surface area contributed by atoms with Crippen molar-refractivity contribution >= 4 is 27.6 Å². The van der Waals surface area contributed by atoms with Gasteiger partial charge in [-0.3, -0.25) is 10.1 Å². The number of aliphatic carboxylic acids is 1. The Morgan fingerprint density at radius 1 is 1.47 bits per heavy atom. The van der Waals surface area contributed by atoms with E-state index in [0.29, 0.717) is 10.9 Å². The minimum absolute atomic E-state index is 0.142. The van der Waals surface area contributed by atoms with Crippen LogP contribution >= 0.6 is 15.9 Å². The number of nitro groups is 1. The monoisotopic (exact) mass is 331 g/mol. The number of halogens is 1. The zero-order chi connectivity index (χ0) is 14.6. The second kappa shape index (κ2) is 6.51. The lowest BCUT2D eigenvalue weighted by Gasteiger charge is -2.17. The number of benzene rings is 1. The number of carboxylic acids is 1. The summed E-state index contributed by atoms with van der Waals surface area (Å²) in [5, 5.41) is 19.8. The Balaban J connectivity index is 2.96. The molecule has 1 unspecified atom stereocenters. The number of rotatable bonds is 6. The Labute approximate surface area is 118 Å². The summed E-state index contributed by atoms with van der Waals surface area (Å²) in [5.74, 6) is -0.784. The van der Waals surface area contributed by atoms with Gasteiger partial charge in [0.15, 0.2) is 6.10 Å². The molecule has 0 spiro atoms. The standard InChI is InChI=1S/C12H14BrNO5/c1-7(2)3-11(12(15)16)19-10-5-8(13)4-9(6-10)14(17)18/h4-7,11H,3H2,1-2H3,(H,15,16). The molecule has 19 heavy (non-hydrogen) atoms. The molecule has 0 bridgehead atoms. The van der Waals surface area contributed by atoms with Gasteiger partial charge in [-0.25, -0.2) is 4.79 Å². The molecule has 0 aliphatic rings. The summed E-state index contributed by atoms with van der Waals surface area (Å²) < 4.78 is 5.79. The lowest BCUT2D eigenvalue weighted by Crippen LogP contribution is -2.28. The van der Waals surface area contributed by atoms with Crippen LogP contribution in [0.4, 0.5) is 5.69 Å². The second-order valence-electron chi connectivity index (χ2n) is 4.48. The second-order valence-corrected chi connectivity index (χ2v) is 5.39. The van der Waals surface area contributed by atoms with Gasteiger partial charge in [0, 0.05) is 10.5 Å². The molecule has 0 aliphatic carbocycles. The van der Waals surface area contributed by atoms with Gasteiger partial charge in [0.2, 0.25) is 0 Å². The first-order valence-corrected chi connectivity index (χ1v) is 6.43. The van der Waals surface area contributed by atoms with Crippen LogP contribution in [0.2, 0.25) is 0 Å². The number of hydrogen-bond acceptors (Lipinski definition) is 4. The molecule has 0 aliphatic heterocycles. The SMILES string of the molecule is CC(C)CC(Oc1cc(Br)cc([N+](=O)[O-])c1)C(=O)O. The van der Waals surface area contributed by atoms with E-state index in [0.717, 1.165) is 0 Å². The van der Waals surface area contributed by atoms with Crippen molar-refractivity contribution < 1.29 is 19.6 Å². The van der Waals surface area contributed by atoms with E-state index in [1.807, 2.05) is 13.8 Å². The van der Waals surface area contributed by atoms with E-state index in [4.69, 9.17) is 9.84 Å². The molecule has 0 fully saturated rings. The van der Waals surface area contributed by atoms with E-state index in [1.165, 1.54) is 18.2 Å². The van der Waals surface area contributed by atoms with Crippen LogP contribution in [0.15, 0.2) is 22.7 Å². The highest BCUT2D eigenvalue weighted by molar-refractivity contribution is 9.10. The maximum absolute atomic E-state index is 11.1. The third-order valence-electron chi connectivity index (χ3n) is 2.31. The van der Waals surface area contributed by atoms with Crippen molar-refractivity contribution in [1.29, 1.82) is 0 Å². The van der Waals surface area contributed by atoms with Crippen molar-refractivity contribution in [2.75, 3.05) is 0 Å². The molecule has 1 aromatic rings. The number of nitrogens with zero attached hydrogens (tertiary/aromatic N) is 1. The van der Waals surface area contributed by atoms with Gasteiger partial charge in [0.05, 0.1) is 11.0 Å². The fourth-order valence-corrected chi connectivity index (χ4v) is 1.97. The largest absolute Gasteiger partial charge is 0.479 e. The summed E-state index contributed by atoms with van der Waals surface area (Å²) in [6, 6.07) is 4.04. The van der Waals surface area contributed by atoms with Crippen LogP contribution in [0.25, 0.3) is 0 Å². The highest BCUT2D eigenvalue weighted by atomic mass is 79.9. The molecule has 0 heterocycles. The number of hydrogen-bond donors (Lipinski definition) is 1. The van der Waals surface area contributed by atoms with Crippen molar-refractivity contribution in [3.63, 3.8) is 0 Å². The zero-order valence-corrected chi connectivity index (χ0v) is 12.1. The molecular weight excluding hydrogens is 318 g/mol. The predicted molar refractivity (Wildman–Crippen MR) is 72.3 cm³/mol. The molecule has 1 atom stereocenters. The zero-order valence-electron chi connectivity index (χ0n) is 10.5. The van der Waals surface area contributed by atoms with E-state index in [1.54, 1.807) is 0 Å². The Bertz CT molecular complexity index is 489. The van der Waals surface area contributed by atoms with Gasteiger partial charge < -0.3 is 9.84 Å². The highest BCUT2D eigenvalue weighted by Crippen LogP contribution is 2.27. The van der Waals surface area contributed by atoms with Gasteiger partial charge in [-0.15, -0.1) is 0 Å². The van der Waals surface area contributed by atoms with Gasteiger partial charge in [-0.1, -0.05) is 29.8 Å². The number of ether oxygens (including phenoxy) is 1. The summed E-state index contributed by atoms with van der Waals surface area (Å²) in [5.41, 5.74) is -0.155. The van der Waals surface area contributed by atoms with Gasteiger partial charge in [0.1, 0.15) is 5.75 Å². The van der Waals surface area contributed by atoms with Crippen LogP contribution in [0.3, 0.4) is 0 Å². The number of non-ortho nitro benzene ring substituents is 1. The number of carboxylic acid groups (broad SMARTS) is 1. The predicted octanol–water partition coefficient (Wildman–Crippen LogP) is 3.24. The molecule has 1 N–H and O–H groups in total. The molecular formula is C12H14BrNO5. The van der Waals surface area contributed by atoms with Gasteiger partial charge in [0.25, 0.3) is 5.69 Å². The number of carbonyl (C=O) groups is 1. The average molecular weight is 332 g/mol. The van der Waals surface area contributed by atoms with Crippen molar-refractivity contribution in [2.24, 2.45) is 5.92 Å². The van der Waals surface area contributed by atoms with E-state index >= 15 is 0 Å². The van der Waals surface area contributed by atoms with E-state index in [2.05, 4.69) is 15.9 Å². The van der Waals surface area contributed by atoms with Crippen LogP contribution in [-0.2, 0) is 4.79 Å². The molecule has 7 heteroatoms. The maximum atomic E-state index is 11.1. The first-order chi connectivity index (χ1) is 8.79. The minimum Gasteiger partial charge on any atom is -0.479 e. The third kappa shape index (κ3) is 4.86. The molecule has 0 saturated heterocycles. The van der Waals surface area contributed by atoms with Gasteiger partial charge in [-0.2, -0.15) is 0 Å². The van der Waals surface area contributed by atoms with Crippen LogP contribution in [0.5, 0.6) is 5.75 Å². The third-order valence-corrected chi connectivity index (χ3v) is 2.76. The molecule has 0 saturated carbocycles. The lowest BCUT2D eigenvalue weighted by atomic mass is 10.1. The van der Waals surface area contributed by atoms with Gasteiger partial charge in [-0.05, 0) is 18.4 Å². The molecule has 0 amide bonds. The Morgan fingerprint density at radius 2 is 2.11 bits per heavy atom. The first kappa shape index (κ1) is 15.4. The average Bonchev–Trinajstić information content (AvgIpc) is 2.26. The normalized spacial score (nSPS) is 12.2. The Morgan fingerprint density at radius 3 is 2.58 bits per heavy atom. The fourth-order valence-electron chi connectivity index (χ4n) is 1.51. The minimum atomic E-state index is -1.09. The first-order valence-electron chi connectivity index (χ1n) is 5.64. The summed E-state index contributed by atoms with van der Waals surface area (Å²) >= 11 is 3.13. The Hall–Kier alpha value is -1.63. The quantitative estimate of drug-likeness (QED) is 0.638. The molecule has 104 valence electrons. The summed E-state index contributed by atoms with van der Waals surface area (Å²) in [4.78, 5) is 21.2. The van der Waals surface area contributed by atoms with Crippen LogP contribution in [0, 0.1) is 16.0 Å². The summed E-state index contributed by atoms with van der Waals surface area (Å²) in [6.45, 7) is 3.76. The summed E-state index contributed by atoms with van der Waals surface area (Å²) in [7, 11) is 0. The van der Waals surface area contributed by atoms with Crippen molar-refractivity contribution in [3.05, 3.63) is 32.8 Å². The molecule has 1 aromatic carbocycles.